The van der Waals surface area contributed by atoms with Crippen LogP contribution in [0.3, 0.4) is 0 Å². The number of aryl methyl sites for hydroxylation is 2. The third-order valence-electron chi connectivity index (χ3n) is 5.28. The molecule has 1 N–H and O–H groups in total. The topological polar surface area (TPSA) is 62.6 Å². The molecule has 0 bridgehead atoms. The van der Waals surface area contributed by atoms with E-state index in [0.717, 1.165) is 29.8 Å². The zero-order valence-electron chi connectivity index (χ0n) is 17.5. The van der Waals surface area contributed by atoms with Crippen LogP contribution in [0.5, 0.6) is 0 Å². The van der Waals surface area contributed by atoms with Crippen molar-refractivity contribution < 1.29 is 9.21 Å². The third kappa shape index (κ3) is 4.57. The molecule has 1 aromatic heterocycles. The standard InChI is InChI=1S/C24H28N2O3/c1-5-26(6-2)20(18-10-8-7-9-11-18)15-25-24(28)22-14-21(27)19-13-16(3)12-17(4)23(19)29-22/h7-14,20H,5-6,15H2,1-4H3,(H,25,28)/t20-/m1/s1. The zero-order chi connectivity index (χ0) is 21.0. The quantitative estimate of drug-likeness (QED) is 0.654. The third-order valence-corrected chi connectivity index (χ3v) is 5.28. The Kier molecular flexibility index (Phi) is 6.49. The lowest BCUT2D eigenvalue weighted by Crippen LogP contribution is -2.38. The summed E-state index contributed by atoms with van der Waals surface area (Å²) < 4.78 is 5.82. The Labute approximate surface area is 171 Å². The minimum atomic E-state index is -0.378. The Balaban J connectivity index is 1.86. The highest BCUT2D eigenvalue weighted by molar-refractivity contribution is 5.93. The first-order valence-corrected chi connectivity index (χ1v) is 10.1. The average Bonchev–Trinajstić information content (AvgIpc) is 2.72. The maximum atomic E-state index is 12.8. The summed E-state index contributed by atoms with van der Waals surface area (Å²) in [5, 5.41) is 3.46. The van der Waals surface area contributed by atoms with Crippen LogP contribution in [0.4, 0.5) is 0 Å². The smallest absolute Gasteiger partial charge is 0.287 e. The first kappa shape index (κ1) is 20.8. The van der Waals surface area contributed by atoms with Gasteiger partial charge in [-0.3, -0.25) is 14.5 Å². The number of hydrogen-bond donors (Lipinski definition) is 1. The van der Waals surface area contributed by atoms with Crippen molar-refractivity contribution in [3.8, 4) is 0 Å². The molecule has 2 aromatic carbocycles. The van der Waals surface area contributed by atoms with Crippen LogP contribution in [-0.2, 0) is 0 Å². The van der Waals surface area contributed by atoms with E-state index in [4.69, 9.17) is 4.42 Å². The summed E-state index contributed by atoms with van der Waals surface area (Å²) in [6.45, 7) is 10.2. The van der Waals surface area contributed by atoms with Gasteiger partial charge in [-0.25, -0.2) is 0 Å². The molecule has 1 amide bonds. The zero-order valence-corrected chi connectivity index (χ0v) is 17.5. The predicted octanol–water partition coefficient (Wildman–Crippen LogP) is 4.22. The van der Waals surface area contributed by atoms with Crippen LogP contribution in [0, 0.1) is 13.8 Å². The first-order chi connectivity index (χ1) is 13.9. The van der Waals surface area contributed by atoms with Gasteiger partial charge in [-0.2, -0.15) is 0 Å². The lowest BCUT2D eigenvalue weighted by molar-refractivity contribution is 0.0908. The summed E-state index contributed by atoms with van der Waals surface area (Å²) in [6.07, 6.45) is 0. The van der Waals surface area contributed by atoms with E-state index in [1.807, 2.05) is 38.1 Å². The summed E-state index contributed by atoms with van der Waals surface area (Å²) in [6, 6.07) is 15.2. The van der Waals surface area contributed by atoms with E-state index in [0.29, 0.717) is 17.5 Å². The molecule has 0 saturated carbocycles. The van der Waals surface area contributed by atoms with Gasteiger partial charge in [0.25, 0.3) is 5.91 Å². The fourth-order valence-corrected chi connectivity index (χ4v) is 3.79. The van der Waals surface area contributed by atoms with Crippen molar-refractivity contribution in [3.05, 3.63) is 81.2 Å². The second kappa shape index (κ2) is 9.05. The van der Waals surface area contributed by atoms with Crippen LogP contribution in [0.1, 0.15) is 47.1 Å². The van der Waals surface area contributed by atoms with E-state index >= 15 is 0 Å². The molecule has 0 aliphatic carbocycles. The van der Waals surface area contributed by atoms with Gasteiger partial charge in [0.2, 0.25) is 0 Å². The number of likely N-dealkylation sites (N-methyl/N-ethyl adjacent to an activating group) is 1. The van der Waals surface area contributed by atoms with Gasteiger partial charge in [0.1, 0.15) is 5.58 Å². The molecule has 5 heteroatoms. The number of nitrogens with one attached hydrogen (secondary N) is 1. The van der Waals surface area contributed by atoms with Gasteiger partial charge in [0.15, 0.2) is 11.2 Å². The molecule has 1 heterocycles. The van der Waals surface area contributed by atoms with Crippen molar-refractivity contribution in [2.45, 2.75) is 33.7 Å². The van der Waals surface area contributed by atoms with E-state index in [1.54, 1.807) is 6.07 Å². The second-order valence-electron chi connectivity index (χ2n) is 7.29. The van der Waals surface area contributed by atoms with E-state index < -0.39 is 0 Å². The molecular weight excluding hydrogens is 364 g/mol. The maximum absolute atomic E-state index is 12.8. The van der Waals surface area contributed by atoms with Crippen LogP contribution < -0.4 is 10.7 Å². The van der Waals surface area contributed by atoms with Gasteiger partial charge >= 0.3 is 0 Å². The lowest BCUT2D eigenvalue weighted by atomic mass is 10.0. The number of fused-ring (bicyclic) bond motifs is 1. The van der Waals surface area contributed by atoms with E-state index in [2.05, 4.69) is 36.2 Å². The molecule has 0 saturated heterocycles. The molecule has 0 aliphatic heterocycles. The number of amides is 1. The fourth-order valence-electron chi connectivity index (χ4n) is 3.79. The summed E-state index contributed by atoms with van der Waals surface area (Å²) in [5.74, 6) is -0.335. The number of nitrogens with zero attached hydrogens (tertiary/aromatic N) is 1. The first-order valence-electron chi connectivity index (χ1n) is 10.1. The van der Waals surface area contributed by atoms with Crippen LogP contribution in [0.2, 0.25) is 0 Å². The number of hydrogen-bond acceptors (Lipinski definition) is 4. The Morgan fingerprint density at radius 1 is 1.07 bits per heavy atom. The minimum Gasteiger partial charge on any atom is -0.450 e. The normalized spacial score (nSPS) is 12.3. The SMILES string of the molecule is CCN(CC)[C@H](CNC(=O)c1cc(=O)c2cc(C)cc(C)c2o1)c1ccccc1. The molecule has 3 aromatic rings. The van der Waals surface area contributed by atoms with Crippen molar-refractivity contribution in [2.75, 3.05) is 19.6 Å². The average molecular weight is 392 g/mol. The molecule has 0 aliphatic rings. The molecule has 1 atom stereocenters. The lowest BCUT2D eigenvalue weighted by Gasteiger charge is -2.30. The number of rotatable bonds is 7. The molecule has 0 spiro atoms. The van der Waals surface area contributed by atoms with Crippen molar-refractivity contribution in [3.63, 3.8) is 0 Å². The summed E-state index contributed by atoms with van der Waals surface area (Å²) in [7, 11) is 0. The minimum absolute atomic E-state index is 0.0424. The molecular formula is C24H28N2O3. The monoisotopic (exact) mass is 392 g/mol. The molecule has 152 valence electrons. The Morgan fingerprint density at radius 3 is 2.41 bits per heavy atom. The van der Waals surface area contributed by atoms with Crippen molar-refractivity contribution >= 4 is 16.9 Å². The molecule has 0 unspecified atom stereocenters. The van der Waals surface area contributed by atoms with Crippen LogP contribution in [0.15, 0.2) is 57.7 Å². The maximum Gasteiger partial charge on any atom is 0.287 e. The molecule has 0 radical (unpaired) electrons. The van der Waals surface area contributed by atoms with Crippen LogP contribution >= 0.6 is 0 Å². The van der Waals surface area contributed by atoms with Gasteiger partial charge in [-0.1, -0.05) is 50.2 Å². The molecule has 29 heavy (non-hydrogen) atoms. The second-order valence-corrected chi connectivity index (χ2v) is 7.29. The van der Waals surface area contributed by atoms with Crippen molar-refractivity contribution in [1.29, 1.82) is 0 Å². The highest BCUT2D eigenvalue weighted by atomic mass is 16.3. The van der Waals surface area contributed by atoms with Gasteiger partial charge in [0.05, 0.1) is 11.4 Å². The fraction of sp³-hybridized carbons (Fsp3) is 0.333. The summed E-state index contributed by atoms with van der Waals surface area (Å²) >= 11 is 0. The number of benzene rings is 2. The summed E-state index contributed by atoms with van der Waals surface area (Å²) in [4.78, 5) is 27.6. The largest absolute Gasteiger partial charge is 0.450 e. The van der Waals surface area contributed by atoms with Gasteiger partial charge in [0, 0.05) is 12.6 Å². The van der Waals surface area contributed by atoms with Gasteiger partial charge in [-0.05, 0) is 49.7 Å². The molecule has 3 rings (SSSR count). The van der Waals surface area contributed by atoms with Crippen LogP contribution in [0.25, 0.3) is 11.0 Å². The Hall–Kier alpha value is -2.92. The van der Waals surface area contributed by atoms with Crippen molar-refractivity contribution in [2.24, 2.45) is 0 Å². The van der Waals surface area contributed by atoms with Crippen LogP contribution in [-0.4, -0.2) is 30.4 Å². The Bertz CT molecular complexity index is 1050. The Morgan fingerprint density at radius 2 is 1.76 bits per heavy atom. The highest BCUT2D eigenvalue weighted by Crippen LogP contribution is 2.21. The van der Waals surface area contributed by atoms with E-state index in [-0.39, 0.29) is 23.1 Å². The number of carbonyl (C=O) groups excluding carboxylic acids is 1. The van der Waals surface area contributed by atoms with E-state index in [1.165, 1.54) is 6.07 Å². The molecule has 0 fully saturated rings. The summed E-state index contributed by atoms with van der Waals surface area (Å²) in [5.41, 5.74) is 3.24. The van der Waals surface area contributed by atoms with Gasteiger partial charge < -0.3 is 9.73 Å². The van der Waals surface area contributed by atoms with E-state index in [9.17, 15) is 9.59 Å². The van der Waals surface area contributed by atoms with Crippen molar-refractivity contribution in [1.82, 2.24) is 10.2 Å². The highest BCUT2D eigenvalue weighted by Gasteiger charge is 2.20. The predicted molar refractivity (Wildman–Crippen MR) is 116 cm³/mol. The number of carbonyl (C=O) groups is 1. The van der Waals surface area contributed by atoms with Gasteiger partial charge in [-0.15, -0.1) is 0 Å². The molecule has 5 nitrogen and oxygen atoms in total.